The van der Waals surface area contributed by atoms with E-state index in [9.17, 15) is 9.59 Å². The summed E-state index contributed by atoms with van der Waals surface area (Å²) in [7, 11) is 1.50. The van der Waals surface area contributed by atoms with Crippen LogP contribution in [0.15, 0.2) is 42.7 Å². The molecule has 0 bridgehead atoms. The van der Waals surface area contributed by atoms with Crippen LogP contribution in [-0.2, 0) is 4.79 Å². The number of hydrogen-bond acceptors (Lipinski definition) is 4. The van der Waals surface area contributed by atoms with E-state index in [2.05, 4.69) is 10.3 Å². The lowest BCUT2D eigenvalue weighted by Crippen LogP contribution is -2.22. The van der Waals surface area contributed by atoms with E-state index in [0.717, 1.165) is 5.52 Å². The summed E-state index contributed by atoms with van der Waals surface area (Å²) in [6, 6.07) is 8.59. The number of fused-ring (bicyclic) bond motifs is 1. The average Bonchev–Trinajstić information content (AvgIpc) is 3.00. The minimum Gasteiger partial charge on any atom is -0.481 e. The number of amides is 1. The van der Waals surface area contributed by atoms with E-state index in [-0.39, 0.29) is 6.04 Å². The number of nitrogens with zero attached hydrogens (tertiary/aromatic N) is 2. The van der Waals surface area contributed by atoms with Crippen molar-refractivity contribution in [2.75, 3.05) is 12.4 Å². The van der Waals surface area contributed by atoms with Crippen LogP contribution in [0.25, 0.3) is 10.9 Å². The fraction of sp³-hybridized carbons (Fsp3) is 0.211. The molecule has 0 unspecified atom stereocenters. The number of rotatable bonds is 5. The Morgan fingerprint density at radius 3 is 2.62 bits per heavy atom. The van der Waals surface area contributed by atoms with Gasteiger partial charge in [-0.05, 0) is 32.0 Å². The van der Waals surface area contributed by atoms with Gasteiger partial charge in [0.1, 0.15) is 0 Å². The lowest BCUT2D eigenvalue weighted by atomic mass is 10.1. The lowest BCUT2D eigenvalue weighted by molar-refractivity contribution is -0.112. The summed E-state index contributed by atoms with van der Waals surface area (Å²) in [6.45, 7) is 4.00. The molecule has 0 saturated carbocycles. The Balaban J connectivity index is 1.92. The fourth-order valence-electron chi connectivity index (χ4n) is 2.72. The number of ketones is 1. The van der Waals surface area contributed by atoms with E-state index >= 15 is 0 Å². The maximum absolute atomic E-state index is 12.7. The van der Waals surface area contributed by atoms with Gasteiger partial charge in [0.05, 0.1) is 30.1 Å². The Morgan fingerprint density at radius 2 is 2.00 bits per heavy atom. The van der Waals surface area contributed by atoms with Crippen LogP contribution in [0.1, 0.15) is 30.2 Å². The van der Waals surface area contributed by atoms with Gasteiger partial charge in [-0.1, -0.05) is 17.7 Å². The quantitative estimate of drug-likeness (QED) is 0.541. The van der Waals surface area contributed by atoms with Gasteiger partial charge in [0, 0.05) is 28.7 Å². The second-order valence-electron chi connectivity index (χ2n) is 6.08. The summed E-state index contributed by atoms with van der Waals surface area (Å²) in [5.41, 5.74) is 1.57. The average molecular weight is 372 g/mol. The topological polar surface area (TPSA) is 73.2 Å². The van der Waals surface area contributed by atoms with Gasteiger partial charge in [-0.2, -0.15) is 0 Å². The first-order valence-electron chi connectivity index (χ1n) is 8.06. The van der Waals surface area contributed by atoms with Gasteiger partial charge in [-0.15, -0.1) is 0 Å². The number of benzene rings is 1. The Hall–Kier alpha value is -2.86. The van der Waals surface area contributed by atoms with Crippen LogP contribution in [0, 0.1) is 0 Å². The smallest absolute Gasteiger partial charge is 0.296 e. The molecule has 0 saturated heterocycles. The standard InChI is InChI=1S/C19H18ClN3O3/c1-11(2)23-10-15(14-6-4-12(20)8-16(14)23)18(24)19(25)22-13-5-7-17(26-3)21-9-13/h4-11H,1-3H3,(H,22,25). The van der Waals surface area contributed by atoms with Crippen LogP contribution in [0.4, 0.5) is 5.69 Å². The highest BCUT2D eigenvalue weighted by Crippen LogP contribution is 2.28. The van der Waals surface area contributed by atoms with E-state index in [1.54, 1.807) is 36.5 Å². The number of halogens is 1. The summed E-state index contributed by atoms with van der Waals surface area (Å²) in [4.78, 5) is 29.1. The van der Waals surface area contributed by atoms with Gasteiger partial charge in [0.25, 0.3) is 11.7 Å². The molecule has 7 heteroatoms. The lowest BCUT2D eigenvalue weighted by Gasteiger charge is -2.08. The summed E-state index contributed by atoms with van der Waals surface area (Å²) in [6.07, 6.45) is 3.13. The molecule has 0 fully saturated rings. The molecule has 1 aromatic carbocycles. The predicted octanol–water partition coefficient (Wildman–Crippen LogP) is 4.10. The number of Topliss-reactive ketones (excluding diaryl/α,β-unsaturated/α-hetero) is 1. The van der Waals surface area contributed by atoms with Crippen molar-refractivity contribution in [1.29, 1.82) is 0 Å². The number of hydrogen-bond donors (Lipinski definition) is 1. The van der Waals surface area contributed by atoms with Crippen molar-refractivity contribution in [3.05, 3.63) is 53.3 Å². The Bertz CT molecular complexity index is 978. The van der Waals surface area contributed by atoms with Crippen LogP contribution < -0.4 is 10.1 Å². The zero-order valence-electron chi connectivity index (χ0n) is 14.6. The van der Waals surface area contributed by atoms with Gasteiger partial charge in [-0.25, -0.2) is 4.98 Å². The molecule has 6 nitrogen and oxygen atoms in total. The summed E-state index contributed by atoms with van der Waals surface area (Å²) >= 11 is 6.08. The number of anilines is 1. The number of carbonyl (C=O) groups excluding carboxylic acids is 2. The third kappa shape index (κ3) is 3.41. The summed E-state index contributed by atoms with van der Waals surface area (Å²) in [5.74, 6) is -0.923. The molecule has 2 aromatic heterocycles. The SMILES string of the molecule is COc1ccc(NC(=O)C(=O)c2cn(C(C)C)c3cc(Cl)ccc23)cn1. The van der Waals surface area contributed by atoms with Crippen molar-refractivity contribution in [1.82, 2.24) is 9.55 Å². The van der Waals surface area contributed by atoms with E-state index in [1.165, 1.54) is 13.3 Å². The highest BCUT2D eigenvalue weighted by molar-refractivity contribution is 6.48. The molecule has 1 amide bonds. The molecule has 0 spiro atoms. The molecule has 3 aromatic rings. The fourth-order valence-corrected chi connectivity index (χ4v) is 2.88. The monoisotopic (exact) mass is 371 g/mol. The highest BCUT2D eigenvalue weighted by atomic mass is 35.5. The molecule has 3 rings (SSSR count). The Labute approximate surface area is 155 Å². The first-order chi connectivity index (χ1) is 12.4. The molecule has 0 atom stereocenters. The van der Waals surface area contributed by atoms with Gasteiger partial charge in [0.15, 0.2) is 0 Å². The first kappa shape index (κ1) is 17.9. The number of carbonyl (C=O) groups is 2. The third-order valence-electron chi connectivity index (χ3n) is 4.01. The third-order valence-corrected chi connectivity index (χ3v) is 4.24. The number of aromatic nitrogens is 2. The summed E-state index contributed by atoms with van der Waals surface area (Å²) in [5, 5.41) is 3.83. The van der Waals surface area contributed by atoms with Crippen molar-refractivity contribution >= 4 is 39.9 Å². The Morgan fingerprint density at radius 1 is 1.23 bits per heavy atom. The summed E-state index contributed by atoms with van der Waals surface area (Å²) < 4.78 is 6.90. The zero-order chi connectivity index (χ0) is 18.8. The molecule has 0 aliphatic carbocycles. The van der Waals surface area contributed by atoms with Crippen LogP contribution in [0.3, 0.4) is 0 Å². The molecule has 26 heavy (non-hydrogen) atoms. The predicted molar refractivity (Wildman–Crippen MR) is 101 cm³/mol. The maximum atomic E-state index is 12.7. The van der Waals surface area contributed by atoms with Crippen molar-refractivity contribution < 1.29 is 14.3 Å². The number of pyridine rings is 1. The number of nitrogens with one attached hydrogen (secondary N) is 1. The van der Waals surface area contributed by atoms with Crippen molar-refractivity contribution in [3.63, 3.8) is 0 Å². The van der Waals surface area contributed by atoms with Crippen LogP contribution >= 0.6 is 11.6 Å². The van der Waals surface area contributed by atoms with Gasteiger partial charge >= 0.3 is 0 Å². The van der Waals surface area contributed by atoms with Gasteiger partial charge in [0.2, 0.25) is 5.88 Å². The van der Waals surface area contributed by atoms with Gasteiger partial charge < -0.3 is 14.6 Å². The molecule has 0 radical (unpaired) electrons. The zero-order valence-corrected chi connectivity index (χ0v) is 15.4. The highest BCUT2D eigenvalue weighted by Gasteiger charge is 2.22. The molecule has 134 valence electrons. The normalized spacial score (nSPS) is 11.0. The molecule has 0 aliphatic heterocycles. The molecular formula is C19H18ClN3O3. The Kier molecular flexibility index (Phi) is 4.95. The molecule has 2 heterocycles. The van der Waals surface area contributed by atoms with Crippen LogP contribution in [0.2, 0.25) is 5.02 Å². The van der Waals surface area contributed by atoms with Crippen molar-refractivity contribution in [3.8, 4) is 5.88 Å². The van der Waals surface area contributed by atoms with Gasteiger partial charge in [-0.3, -0.25) is 9.59 Å². The second-order valence-corrected chi connectivity index (χ2v) is 6.51. The minimum absolute atomic E-state index is 0.117. The van der Waals surface area contributed by atoms with E-state index in [1.807, 2.05) is 18.4 Å². The van der Waals surface area contributed by atoms with Crippen LogP contribution in [-0.4, -0.2) is 28.4 Å². The molecule has 0 aliphatic rings. The van der Waals surface area contributed by atoms with E-state index in [4.69, 9.17) is 16.3 Å². The molecule has 1 N–H and O–H groups in total. The van der Waals surface area contributed by atoms with Crippen molar-refractivity contribution in [2.24, 2.45) is 0 Å². The van der Waals surface area contributed by atoms with Crippen LogP contribution in [0.5, 0.6) is 5.88 Å². The van der Waals surface area contributed by atoms with E-state index < -0.39 is 11.7 Å². The maximum Gasteiger partial charge on any atom is 0.296 e. The largest absolute Gasteiger partial charge is 0.481 e. The molecular weight excluding hydrogens is 354 g/mol. The number of methoxy groups -OCH3 is 1. The van der Waals surface area contributed by atoms with Crippen molar-refractivity contribution in [2.45, 2.75) is 19.9 Å². The number of ether oxygens (including phenoxy) is 1. The van der Waals surface area contributed by atoms with E-state index in [0.29, 0.717) is 27.5 Å². The second kappa shape index (κ2) is 7.17. The first-order valence-corrected chi connectivity index (χ1v) is 8.44. The minimum atomic E-state index is -0.727.